The minimum Gasteiger partial charge on any atom is -0.469 e. The van der Waals surface area contributed by atoms with Gasteiger partial charge in [-0.15, -0.1) is 0 Å². The number of unbranched alkanes of at least 4 members (excludes halogenated alkanes) is 1. The van der Waals surface area contributed by atoms with Crippen LogP contribution in [0, 0.1) is 0 Å². The number of primary sulfonamides is 1. The van der Waals surface area contributed by atoms with Crippen LogP contribution in [0.5, 0.6) is 0 Å². The van der Waals surface area contributed by atoms with E-state index in [1.807, 2.05) is 6.07 Å². The molecule has 2 aromatic rings. The molecule has 166 valence electrons. The predicted molar refractivity (Wildman–Crippen MR) is 107 cm³/mol. The fraction of sp³-hybridized carbons (Fsp3) is 0.421. The summed E-state index contributed by atoms with van der Waals surface area (Å²) in [5, 5.41) is 11.2. The Bertz CT molecular complexity index is 896. The third kappa shape index (κ3) is 9.31. The molecule has 11 heteroatoms. The number of sulfonamides is 1. The zero-order valence-corrected chi connectivity index (χ0v) is 17.1. The lowest BCUT2D eigenvalue weighted by atomic mass is 10.2. The van der Waals surface area contributed by atoms with Crippen LogP contribution in [0.1, 0.15) is 30.6 Å². The van der Waals surface area contributed by atoms with Gasteiger partial charge in [0.1, 0.15) is 5.76 Å². The number of alkyl halides is 3. The zero-order valence-electron chi connectivity index (χ0n) is 16.3. The molecule has 7 nitrogen and oxygen atoms in total. The van der Waals surface area contributed by atoms with Crippen LogP contribution in [0.25, 0.3) is 0 Å². The van der Waals surface area contributed by atoms with E-state index in [0.29, 0.717) is 31.9 Å². The van der Waals surface area contributed by atoms with Crippen molar-refractivity contribution in [2.24, 2.45) is 10.1 Å². The van der Waals surface area contributed by atoms with E-state index in [9.17, 15) is 21.6 Å². The van der Waals surface area contributed by atoms with Crippen LogP contribution in [0.4, 0.5) is 13.2 Å². The number of hydrogen-bond acceptors (Lipinski definition) is 4. The van der Waals surface area contributed by atoms with Gasteiger partial charge in [0.15, 0.2) is 5.96 Å². The Hall–Kier alpha value is -2.53. The number of rotatable bonds is 10. The average molecular weight is 446 g/mol. The first-order valence-corrected chi connectivity index (χ1v) is 10.9. The number of nitrogens with two attached hydrogens (primary N) is 1. The molecule has 0 spiro atoms. The molecule has 0 unspecified atom stereocenters. The molecular formula is C19H25F3N4O3S. The molecule has 0 saturated heterocycles. The summed E-state index contributed by atoms with van der Waals surface area (Å²) in [6.45, 7) is 1.11. The Kier molecular flexibility index (Phi) is 8.72. The van der Waals surface area contributed by atoms with Crippen molar-refractivity contribution < 1.29 is 26.0 Å². The molecule has 0 aliphatic heterocycles. The molecule has 0 aliphatic carbocycles. The molecule has 0 atom stereocenters. The van der Waals surface area contributed by atoms with Gasteiger partial charge in [-0.3, -0.25) is 0 Å². The van der Waals surface area contributed by atoms with Crippen LogP contribution in [-0.4, -0.2) is 33.6 Å². The van der Waals surface area contributed by atoms with Crippen molar-refractivity contribution in [2.75, 3.05) is 13.1 Å². The normalized spacial score (nSPS) is 12.7. The quantitative estimate of drug-likeness (QED) is 0.295. The molecule has 2 rings (SSSR count). The molecule has 1 aromatic heterocycles. The van der Waals surface area contributed by atoms with Crippen molar-refractivity contribution in [3.63, 3.8) is 0 Å². The van der Waals surface area contributed by atoms with E-state index in [-0.39, 0.29) is 17.9 Å². The van der Waals surface area contributed by atoms with E-state index in [2.05, 4.69) is 15.6 Å². The number of halogens is 3. The van der Waals surface area contributed by atoms with Crippen molar-refractivity contribution in [3.05, 3.63) is 54.0 Å². The fourth-order valence-electron chi connectivity index (χ4n) is 2.55. The maximum Gasteiger partial charge on any atom is 0.389 e. The lowest BCUT2D eigenvalue weighted by Crippen LogP contribution is -2.39. The standard InChI is InChI=1S/C19H25F3N4O3S/c20-19(21,22)10-1-2-11-24-18(25-12-9-16-4-3-13-29-16)26-14-15-5-7-17(8-6-15)30(23,27)28/h3-8,13H,1-2,9-12,14H2,(H2,23,27,28)(H2,24,25,26). The predicted octanol–water partition coefficient (Wildman–Crippen LogP) is 2.94. The summed E-state index contributed by atoms with van der Waals surface area (Å²) in [4.78, 5) is 4.42. The Balaban J connectivity index is 1.90. The smallest absolute Gasteiger partial charge is 0.389 e. The zero-order chi connectivity index (χ0) is 22.0. The maximum absolute atomic E-state index is 12.2. The third-order valence-electron chi connectivity index (χ3n) is 4.10. The summed E-state index contributed by atoms with van der Waals surface area (Å²) in [6, 6.07) is 9.63. The van der Waals surface area contributed by atoms with Crippen molar-refractivity contribution in [1.29, 1.82) is 0 Å². The highest BCUT2D eigenvalue weighted by atomic mass is 32.2. The van der Waals surface area contributed by atoms with Gasteiger partial charge in [-0.1, -0.05) is 12.1 Å². The monoisotopic (exact) mass is 446 g/mol. The number of nitrogens with one attached hydrogen (secondary N) is 2. The number of aliphatic imine (C=N–C) groups is 1. The second-order valence-corrected chi connectivity index (χ2v) is 8.17. The molecule has 30 heavy (non-hydrogen) atoms. The summed E-state index contributed by atoms with van der Waals surface area (Å²) < 4.78 is 64.6. The van der Waals surface area contributed by atoms with E-state index in [4.69, 9.17) is 9.56 Å². The lowest BCUT2D eigenvalue weighted by Gasteiger charge is -2.13. The Morgan fingerprint density at radius 2 is 1.77 bits per heavy atom. The van der Waals surface area contributed by atoms with Crippen molar-refractivity contribution >= 4 is 16.0 Å². The van der Waals surface area contributed by atoms with Gasteiger partial charge in [0.2, 0.25) is 10.0 Å². The van der Waals surface area contributed by atoms with Gasteiger partial charge in [0.05, 0.1) is 17.7 Å². The topological polar surface area (TPSA) is 110 Å². The SMILES string of the molecule is NS(=O)(=O)c1ccc(CN=C(NCCCCC(F)(F)F)NCCc2ccco2)cc1. The van der Waals surface area contributed by atoms with Crippen molar-refractivity contribution in [1.82, 2.24) is 10.6 Å². The molecule has 0 aliphatic rings. The highest BCUT2D eigenvalue weighted by Crippen LogP contribution is 2.21. The number of benzene rings is 1. The van der Waals surface area contributed by atoms with Gasteiger partial charge in [-0.2, -0.15) is 13.2 Å². The first-order valence-electron chi connectivity index (χ1n) is 9.36. The van der Waals surface area contributed by atoms with Crippen LogP contribution in [0.3, 0.4) is 0 Å². The van der Waals surface area contributed by atoms with E-state index in [1.165, 1.54) is 12.1 Å². The van der Waals surface area contributed by atoms with E-state index in [0.717, 1.165) is 11.3 Å². The maximum atomic E-state index is 12.2. The van der Waals surface area contributed by atoms with Crippen LogP contribution in [-0.2, 0) is 23.0 Å². The molecule has 0 amide bonds. The molecule has 0 bridgehead atoms. The van der Waals surface area contributed by atoms with Gasteiger partial charge in [0, 0.05) is 25.9 Å². The largest absolute Gasteiger partial charge is 0.469 e. The second kappa shape index (κ2) is 11.0. The Labute approximate surface area is 173 Å². The van der Waals surface area contributed by atoms with Gasteiger partial charge < -0.3 is 15.1 Å². The summed E-state index contributed by atoms with van der Waals surface area (Å²) in [7, 11) is -3.76. The van der Waals surface area contributed by atoms with Crippen LogP contribution in [0.2, 0.25) is 0 Å². The first-order chi connectivity index (χ1) is 14.1. The summed E-state index contributed by atoms with van der Waals surface area (Å²) >= 11 is 0. The number of hydrogen-bond donors (Lipinski definition) is 3. The van der Waals surface area contributed by atoms with E-state index < -0.39 is 22.6 Å². The van der Waals surface area contributed by atoms with Gasteiger partial charge in [-0.05, 0) is 42.7 Å². The summed E-state index contributed by atoms with van der Waals surface area (Å²) in [5.74, 6) is 1.25. The molecule has 0 saturated carbocycles. The van der Waals surface area contributed by atoms with Gasteiger partial charge >= 0.3 is 6.18 Å². The third-order valence-corrected chi connectivity index (χ3v) is 5.02. The van der Waals surface area contributed by atoms with Crippen LogP contribution in [0.15, 0.2) is 57.0 Å². The van der Waals surface area contributed by atoms with Gasteiger partial charge in [-0.25, -0.2) is 18.5 Å². The molecule has 1 heterocycles. The molecule has 1 aromatic carbocycles. The van der Waals surface area contributed by atoms with Crippen LogP contribution >= 0.6 is 0 Å². The fourth-order valence-corrected chi connectivity index (χ4v) is 3.06. The molecule has 0 fully saturated rings. The first kappa shape index (κ1) is 23.7. The lowest BCUT2D eigenvalue weighted by molar-refractivity contribution is -0.135. The van der Waals surface area contributed by atoms with Crippen molar-refractivity contribution in [3.8, 4) is 0 Å². The average Bonchev–Trinajstić information content (AvgIpc) is 3.17. The minimum absolute atomic E-state index is 0.00909. The Morgan fingerprint density at radius 3 is 2.37 bits per heavy atom. The highest BCUT2D eigenvalue weighted by molar-refractivity contribution is 7.89. The van der Waals surface area contributed by atoms with Crippen LogP contribution < -0.4 is 15.8 Å². The van der Waals surface area contributed by atoms with Crippen molar-refractivity contribution in [2.45, 2.75) is 43.3 Å². The number of guanidine groups is 1. The summed E-state index contributed by atoms with van der Waals surface area (Å²) in [6.07, 6.45) is -2.39. The number of nitrogens with zero attached hydrogens (tertiary/aromatic N) is 1. The number of furan rings is 1. The second-order valence-electron chi connectivity index (χ2n) is 6.61. The summed E-state index contributed by atoms with van der Waals surface area (Å²) in [5.41, 5.74) is 0.756. The Morgan fingerprint density at radius 1 is 1.07 bits per heavy atom. The van der Waals surface area contributed by atoms with Gasteiger partial charge in [0.25, 0.3) is 0 Å². The van der Waals surface area contributed by atoms with E-state index in [1.54, 1.807) is 24.5 Å². The molecule has 4 N–H and O–H groups in total. The van der Waals surface area contributed by atoms with E-state index >= 15 is 0 Å². The minimum atomic E-state index is -4.15. The molecule has 0 radical (unpaired) electrons. The molecular weight excluding hydrogens is 421 g/mol. The highest BCUT2D eigenvalue weighted by Gasteiger charge is 2.25.